The lowest BCUT2D eigenvalue weighted by Gasteiger charge is -2.31. The number of hydrogen-bond acceptors (Lipinski definition) is 3. The molecule has 2 atom stereocenters. The predicted octanol–water partition coefficient (Wildman–Crippen LogP) is 1.17. The molecule has 0 bridgehead atoms. The van der Waals surface area contributed by atoms with Crippen LogP contribution in [0.15, 0.2) is 0 Å². The monoisotopic (exact) mass is 214 g/mol. The van der Waals surface area contributed by atoms with Crippen LogP contribution in [0.2, 0.25) is 0 Å². The van der Waals surface area contributed by atoms with Gasteiger partial charge in [0.1, 0.15) is 0 Å². The van der Waals surface area contributed by atoms with Crippen molar-refractivity contribution in [1.82, 2.24) is 9.80 Å². The second-order valence-corrected chi connectivity index (χ2v) is 4.90. The van der Waals surface area contributed by atoms with Crippen LogP contribution in [0.1, 0.15) is 32.6 Å². The molecule has 0 radical (unpaired) electrons. The first-order chi connectivity index (χ1) is 7.15. The minimum atomic E-state index is -0.0845. The maximum atomic E-state index is 9.90. The molecule has 0 saturated heterocycles. The topological polar surface area (TPSA) is 26.7 Å². The third kappa shape index (κ3) is 4.09. The van der Waals surface area contributed by atoms with Gasteiger partial charge in [0.15, 0.2) is 0 Å². The van der Waals surface area contributed by atoms with Gasteiger partial charge in [0.25, 0.3) is 0 Å². The molecule has 0 aromatic rings. The van der Waals surface area contributed by atoms with Crippen LogP contribution in [0, 0.1) is 0 Å². The third-order valence-electron chi connectivity index (χ3n) is 3.26. The standard InChI is InChI=1S/C12H26N2O/c1-4-8-14(10-9-13(2)3)11-6-5-7-12(11)15/h11-12,15H,4-10H2,1-3H3/t11-,12-/m0/s1. The molecule has 0 unspecified atom stereocenters. The van der Waals surface area contributed by atoms with E-state index in [-0.39, 0.29) is 6.10 Å². The zero-order valence-corrected chi connectivity index (χ0v) is 10.4. The van der Waals surface area contributed by atoms with Crippen LogP contribution in [0.25, 0.3) is 0 Å². The second-order valence-electron chi connectivity index (χ2n) is 4.90. The molecule has 15 heavy (non-hydrogen) atoms. The van der Waals surface area contributed by atoms with Gasteiger partial charge in [0.2, 0.25) is 0 Å². The number of rotatable bonds is 6. The van der Waals surface area contributed by atoms with Crippen molar-refractivity contribution in [3.8, 4) is 0 Å². The molecule has 0 aromatic carbocycles. The van der Waals surface area contributed by atoms with Crippen molar-refractivity contribution in [3.63, 3.8) is 0 Å². The number of aliphatic hydroxyl groups excluding tert-OH is 1. The molecule has 0 aromatic heterocycles. The average molecular weight is 214 g/mol. The lowest BCUT2D eigenvalue weighted by atomic mass is 10.1. The first kappa shape index (κ1) is 12.9. The fraction of sp³-hybridized carbons (Fsp3) is 1.00. The highest BCUT2D eigenvalue weighted by molar-refractivity contribution is 4.85. The first-order valence-electron chi connectivity index (χ1n) is 6.22. The number of likely N-dealkylation sites (N-methyl/N-ethyl adjacent to an activating group) is 1. The zero-order valence-electron chi connectivity index (χ0n) is 10.4. The van der Waals surface area contributed by atoms with E-state index in [0.717, 1.165) is 26.1 Å². The summed E-state index contributed by atoms with van der Waals surface area (Å²) in [5.41, 5.74) is 0. The molecule has 1 aliphatic carbocycles. The Labute approximate surface area is 94.1 Å². The van der Waals surface area contributed by atoms with Crippen molar-refractivity contribution in [2.75, 3.05) is 33.7 Å². The predicted molar refractivity (Wildman–Crippen MR) is 64.1 cm³/mol. The Morgan fingerprint density at radius 3 is 2.33 bits per heavy atom. The Bertz CT molecular complexity index is 173. The van der Waals surface area contributed by atoms with E-state index in [1.807, 2.05) is 0 Å². The Morgan fingerprint density at radius 1 is 1.13 bits per heavy atom. The molecule has 3 heteroatoms. The smallest absolute Gasteiger partial charge is 0.0695 e. The molecule has 1 saturated carbocycles. The van der Waals surface area contributed by atoms with E-state index in [1.165, 1.54) is 19.3 Å². The van der Waals surface area contributed by atoms with Crippen LogP contribution < -0.4 is 0 Å². The third-order valence-corrected chi connectivity index (χ3v) is 3.26. The Kier molecular flexibility index (Phi) is 5.58. The minimum Gasteiger partial charge on any atom is -0.391 e. The van der Waals surface area contributed by atoms with Gasteiger partial charge in [-0.1, -0.05) is 6.92 Å². The molecule has 90 valence electrons. The normalized spacial score (nSPS) is 26.8. The van der Waals surface area contributed by atoms with Gasteiger partial charge in [0.05, 0.1) is 6.10 Å². The molecule has 1 rings (SSSR count). The van der Waals surface area contributed by atoms with E-state index in [1.54, 1.807) is 0 Å². The van der Waals surface area contributed by atoms with E-state index in [0.29, 0.717) is 6.04 Å². The second kappa shape index (κ2) is 6.46. The van der Waals surface area contributed by atoms with Crippen LogP contribution in [-0.2, 0) is 0 Å². The van der Waals surface area contributed by atoms with Gasteiger partial charge >= 0.3 is 0 Å². The van der Waals surface area contributed by atoms with Gasteiger partial charge in [-0.15, -0.1) is 0 Å². The van der Waals surface area contributed by atoms with E-state index in [2.05, 4.69) is 30.8 Å². The van der Waals surface area contributed by atoms with Crippen molar-refractivity contribution in [2.24, 2.45) is 0 Å². The summed E-state index contributed by atoms with van der Waals surface area (Å²) in [5, 5.41) is 9.90. The van der Waals surface area contributed by atoms with Gasteiger partial charge in [-0.2, -0.15) is 0 Å². The van der Waals surface area contributed by atoms with Gasteiger partial charge in [-0.3, -0.25) is 4.90 Å². The van der Waals surface area contributed by atoms with E-state index < -0.39 is 0 Å². The van der Waals surface area contributed by atoms with Crippen molar-refractivity contribution in [3.05, 3.63) is 0 Å². The van der Waals surface area contributed by atoms with Crippen LogP contribution >= 0.6 is 0 Å². The molecule has 1 N–H and O–H groups in total. The molecule has 0 heterocycles. The molecule has 1 aliphatic rings. The molecular formula is C12H26N2O. The molecule has 0 aliphatic heterocycles. The summed E-state index contributed by atoms with van der Waals surface area (Å²) in [5.74, 6) is 0. The molecule has 0 spiro atoms. The SMILES string of the molecule is CCCN(CCN(C)C)[C@H]1CCC[C@@H]1O. The Hall–Kier alpha value is -0.120. The van der Waals surface area contributed by atoms with E-state index in [4.69, 9.17) is 0 Å². The Morgan fingerprint density at radius 2 is 1.87 bits per heavy atom. The van der Waals surface area contributed by atoms with Gasteiger partial charge in [-0.25, -0.2) is 0 Å². The minimum absolute atomic E-state index is 0.0845. The fourth-order valence-corrected chi connectivity index (χ4v) is 2.41. The molecule has 3 nitrogen and oxygen atoms in total. The number of hydrogen-bond donors (Lipinski definition) is 1. The van der Waals surface area contributed by atoms with Gasteiger partial charge in [0, 0.05) is 19.1 Å². The summed E-state index contributed by atoms with van der Waals surface area (Å²) < 4.78 is 0. The number of nitrogens with zero attached hydrogens (tertiary/aromatic N) is 2. The van der Waals surface area contributed by atoms with E-state index in [9.17, 15) is 5.11 Å². The van der Waals surface area contributed by atoms with Crippen LogP contribution in [0.4, 0.5) is 0 Å². The summed E-state index contributed by atoms with van der Waals surface area (Å²) in [6.45, 7) is 5.51. The summed E-state index contributed by atoms with van der Waals surface area (Å²) in [6.07, 6.45) is 4.45. The highest BCUT2D eigenvalue weighted by atomic mass is 16.3. The van der Waals surface area contributed by atoms with E-state index >= 15 is 0 Å². The molecule has 0 amide bonds. The first-order valence-corrected chi connectivity index (χ1v) is 6.22. The highest BCUT2D eigenvalue weighted by Crippen LogP contribution is 2.24. The van der Waals surface area contributed by atoms with Crippen molar-refractivity contribution in [2.45, 2.75) is 44.8 Å². The summed E-state index contributed by atoms with van der Waals surface area (Å²) >= 11 is 0. The summed E-state index contributed by atoms with van der Waals surface area (Å²) in [7, 11) is 4.21. The quantitative estimate of drug-likeness (QED) is 0.719. The largest absolute Gasteiger partial charge is 0.391 e. The molecular weight excluding hydrogens is 188 g/mol. The van der Waals surface area contributed by atoms with Crippen molar-refractivity contribution >= 4 is 0 Å². The summed E-state index contributed by atoms with van der Waals surface area (Å²) in [6, 6.07) is 0.421. The average Bonchev–Trinajstić information content (AvgIpc) is 2.59. The zero-order chi connectivity index (χ0) is 11.3. The maximum absolute atomic E-state index is 9.90. The highest BCUT2D eigenvalue weighted by Gasteiger charge is 2.29. The van der Waals surface area contributed by atoms with Crippen molar-refractivity contribution < 1.29 is 5.11 Å². The fourth-order valence-electron chi connectivity index (χ4n) is 2.41. The van der Waals surface area contributed by atoms with Crippen LogP contribution in [-0.4, -0.2) is 60.8 Å². The maximum Gasteiger partial charge on any atom is 0.0695 e. The van der Waals surface area contributed by atoms with Crippen molar-refractivity contribution in [1.29, 1.82) is 0 Å². The van der Waals surface area contributed by atoms with Crippen LogP contribution in [0.5, 0.6) is 0 Å². The lowest BCUT2D eigenvalue weighted by molar-refractivity contribution is 0.0665. The van der Waals surface area contributed by atoms with Gasteiger partial charge < -0.3 is 10.0 Å². The Balaban J connectivity index is 2.41. The lowest BCUT2D eigenvalue weighted by Crippen LogP contribution is -2.44. The van der Waals surface area contributed by atoms with Gasteiger partial charge in [-0.05, 0) is 46.3 Å². The number of aliphatic hydroxyl groups is 1. The summed E-state index contributed by atoms with van der Waals surface area (Å²) in [4.78, 5) is 4.68. The van der Waals surface area contributed by atoms with Crippen LogP contribution in [0.3, 0.4) is 0 Å². The molecule has 1 fully saturated rings.